The Kier molecular flexibility index (Phi) is 6.82. The first-order valence-electron chi connectivity index (χ1n) is 10.9. The lowest BCUT2D eigenvalue weighted by Gasteiger charge is -2.27. The van der Waals surface area contributed by atoms with Gasteiger partial charge in [-0.05, 0) is 55.7 Å². The summed E-state index contributed by atoms with van der Waals surface area (Å²) in [5.41, 5.74) is 6.73. The van der Waals surface area contributed by atoms with Crippen LogP contribution in [0.2, 0.25) is 0 Å². The molecule has 3 aromatic carbocycles. The van der Waals surface area contributed by atoms with Gasteiger partial charge in [-0.15, -0.1) is 0 Å². The van der Waals surface area contributed by atoms with Crippen LogP contribution in [0.4, 0.5) is 0 Å². The van der Waals surface area contributed by atoms with E-state index in [-0.39, 0.29) is 0 Å². The average Bonchev–Trinajstić information content (AvgIpc) is 3.14. The van der Waals surface area contributed by atoms with Gasteiger partial charge in [-0.2, -0.15) is 5.10 Å². The van der Waals surface area contributed by atoms with Crippen molar-refractivity contribution in [1.82, 2.24) is 9.99 Å². The van der Waals surface area contributed by atoms with E-state index in [1.807, 2.05) is 32.0 Å². The summed E-state index contributed by atoms with van der Waals surface area (Å²) >= 11 is 3.60. The van der Waals surface area contributed by atoms with Crippen LogP contribution < -0.4 is 5.43 Å². The molecule has 1 aromatic heterocycles. The zero-order valence-electron chi connectivity index (χ0n) is 19.3. The quantitative estimate of drug-likeness (QED) is 0.261. The molecule has 0 saturated heterocycles. The van der Waals surface area contributed by atoms with E-state index in [0.29, 0.717) is 11.1 Å². The van der Waals surface area contributed by atoms with Crippen LogP contribution in [-0.2, 0) is 10.4 Å². The number of aliphatic hydroxyl groups is 1. The molecule has 0 spiro atoms. The topological polar surface area (TPSA) is 66.6 Å². The maximum Gasteiger partial charge on any atom is 0.281 e. The van der Waals surface area contributed by atoms with Crippen LogP contribution in [0.5, 0.6) is 0 Å². The van der Waals surface area contributed by atoms with Crippen molar-refractivity contribution in [2.45, 2.75) is 26.4 Å². The highest BCUT2D eigenvalue weighted by atomic mass is 79.9. The molecule has 1 amide bonds. The smallest absolute Gasteiger partial charge is 0.281 e. The van der Waals surface area contributed by atoms with Gasteiger partial charge in [0.15, 0.2) is 5.60 Å². The minimum absolute atomic E-state index is 0.469. The van der Waals surface area contributed by atoms with Crippen LogP contribution >= 0.6 is 15.9 Å². The number of nitrogens with one attached hydrogen (secondary N) is 1. The van der Waals surface area contributed by atoms with Gasteiger partial charge in [-0.1, -0.05) is 82.7 Å². The molecule has 172 valence electrons. The number of carbonyl (C=O) groups excluding carboxylic acids is 1. The van der Waals surface area contributed by atoms with Gasteiger partial charge >= 0.3 is 0 Å². The molecule has 0 fully saturated rings. The van der Waals surface area contributed by atoms with Crippen molar-refractivity contribution in [3.8, 4) is 5.69 Å². The molecule has 0 aliphatic heterocycles. The zero-order valence-corrected chi connectivity index (χ0v) is 20.9. The van der Waals surface area contributed by atoms with Crippen molar-refractivity contribution in [1.29, 1.82) is 0 Å². The summed E-state index contributed by atoms with van der Waals surface area (Å²) in [6, 6.07) is 26.0. The van der Waals surface area contributed by atoms with Crippen LogP contribution in [0.1, 0.15) is 33.6 Å². The van der Waals surface area contributed by atoms with Crippen molar-refractivity contribution in [2.75, 3.05) is 0 Å². The second-order valence-electron chi connectivity index (χ2n) is 8.24. The molecule has 2 N–H and O–H groups in total. The van der Waals surface area contributed by atoms with Crippen LogP contribution in [0, 0.1) is 20.8 Å². The predicted molar refractivity (Wildman–Crippen MR) is 139 cm³/mol. The molecule has 0 saturated carbocycles. The number of rotatable bonds is 6. The third kappa shape index (κ3) is 4.47. The van der Waals surface area contributed by atoms with Crippen LogP contribution in [0.15, 0.2) is 94.5 Å². The second-order valence-corrected chi connectivity index (χ2v) is 9.09. The van der Waals surface area contributed by atoms with Crippen molar-refractivity contribution >= 4 is 28.1 Å². The number of halogens is 1. The second kappa shape index (κ2) is 9.79. The standard InChI is InChI=1S/C28H26BrN3O2/c1-19-14-15-25(17-26(19)29)32-20(2)16-22(21(32)3)18-30-31-27(33)28(34,23-10-6-4-7-11-23)24-12-8-5-9-13-24/h4-18,34H,1-3H3,(H,31,33)/b30-18-. The zero-order chi connectivity index (χ0) is 24.3. The molecule has 0 aliphatic rings. The van der Waals surface area contributed by atoms with E-state index in [1.54, 1.807) is 54.7 Å². The number of aryl methyl sites for hydroxylation is 2. The van der Waals surface area contributed by atoms with Crippen LogP contribution in [0.25, 0.3) is 5.69 Å². The number of benzene rings is 3. The third-order valence-corrected chi connectivity index (χ3v) is 6.82. The number of nitrogens with zero attached hydrogens (tertiary/aromatic N) is 2. The van der Waals surface area contributed by atoms with Gasteiger partial charge in [0.2, 0.25) is 0 Å². The number of carbonyl (C=O) groups is 1. The summed E-state index contributed by atoms with van der Waals surface area (Å²) in [5.74, 6) is -0.627. The Bertz CT molecular complexity index is 1310. The molecule has 4 rings (SSSR count). The van der Waals surface area contributed by atoms with Gasteiger partial charge < -0.3 is 9.67 Å². The lowest BCUT2D eigenvalue weighted by Crippen LogP contribution is -2.43. The highest BCUT2D eigenvalue weighted by Gasteiger charge is 2.39. The fourth-order valence-corrected chi connectivity index (χ4v) is 4.43. The first kappa shape index (κ1) is 23.7. The fourth-order valence-electron chi connectivity index (χ4n) is 4.07. The minimum atomic E-state index is -1.87. The van der Waals surface area contributed by atoms with Crippen LogP contribution in [0.3, 0.4) is 0 Å². The van der Waals surface area contributed by atoms with Gasteiger partial charge in [0.25, 0.3) is 5.91 Å². The van der Waals surface area contributed by atoms with E-state index >= 15 is 0 Å². The summed E-state index contributed by atoms with van der Waals surface area (Å²) in [4.78, 5) is 13.2. The minimum Gasteiger partial charge on any atom is -0.372 e. The molecule has 6 heteroatoms. The molecule has 0 atom stereocenters. The Hall–Kier alpha value is -3.48. The van der Waals surface area contributed by atoms with Gasteiger partial charge in [-0.3, -0.25) is 4.79 Å². The number of hydrazone groups is 1. The first-order valence-corrected chi connectivity index (χ1v) is 11.7. The van der Waals surface area contributed by atoms with E-state index < -0.39 is 11.5 Å². The van der Waals surface area contributed by atoms with Crippen LogP contribution in [-0.4, -0.2) is 21.8 Å². The SMILES string of the molecule is Cc1ccc(-n2c(C)cc(/C=N\NC(=O)C(O)(c3ccccc3)c3ccccc3)c2C)cc1Br. The summed E-state index contributed by atoms with van der Waals surface area (Å²) in [7, 11) is 0. The van der Waals surface area contributed by atoms with Crippen molar-refractivity contribution in [2.24, 2.45) is 5.10 Å². The van der Waals surface area contributed by atoms with Gasteiger partial charge in [0.1, 0.15) is 0 Å². The normalized spacial score (nSPS) is 11.7. The number of amides is 1. The summed E-state index contributed by atoms with van der Waals surface area (Å²) in [6.45, 7) is 6.09. The molecule has 0 aliphatic carbocycles. The van der Waals surface area contributed by atoms with E-state index in [4.69, 9.17) is 0 Å². The fraction of sp³-hybridized carbons (Fsp3) is 0.143. The van der Waals surface area contributed by atoms with Gasteiger partial charge in [-0.25, -0.2) is 5.43 Å². The van der Waals surface area contributed by atoms with Gasteiger partial charge in [0.05, 0.1) is 6.21 Å². The Morgan fingerprint density at radius 2 is 1.53 bits per heavy atom. The summed E-state index contributed by atoms with van der Waals surface area (Å²) in [6.07, 6.45) is 1.61. The Labute approximate surface area is 207 Å². The number of hydrogen-bond acceptors (Lipinski definition) is 3. The maximum atomic E-state index is 13.2. The molecule has 0 unspecified atom stereocenters. The molecule has 0 radical (unpaired) electrons. The predicted octanol–water partition coefficient (Wildman–Crippen LogP) is 5.55. The Morgan fingerprint density at radius 3 is 2.09 bits per heavy atom. The third-order valence-electron chi connectivity index (χ3n) is 5.97. The number of hydrogen-bond donors (Lipinski definition) is 2. The highest BCUT2D eigenvalue weighted by molar-refractivity contribution is 9.10. The Morgan fingerprint density at radius 1 is 0.941 bits per heavy atom. The lowest BCUT2D eigenvalue weighted by atomic mass is 9.85. The largest absolute Gasteiger partial charge is 0.372 e. The van der Waals surface area contributed by atoms with Crippen molar-refractivity contribution in [3.63, 3.8) is 0 Å². The first-order chi connectivity index (χ1) is 16.3. The molecule has 34 heavy (non-hydrogen) atoms. The molecule has 1 heterocycles. The highest BCUT2D eigenvalue weighted by Crippen LogP contribution is 2.30. The van der Waals surface area contributed by atoms with E-state index in [2.05, 4.69) is 56.1 Å². The Balaban J connectivity index is 1.61. The van der Waals surface area contributed by atoms with Gasteiger partial charge in [0, 0.05) is 27.1 Å². The monoisotopic (exact) mass is 515 g/mol. The lowest BCUT2D eigenvalue weighted by molar-refractivity contribution is -0.136. The van der Waals surface area contributed by atoms with E-state index in [1.165, 1.54) is 5.56 Å². The molecular weight excluding hydrogens is 490 g/mol. The summed E-state index contributed by atoms with van der Waals surface area (Å²) < 4.78 is 3.18. The molecule has 5 nitrogen and oxygen atoms in total. The molecule has 0 bridgehead atoms. The van der Waals surface area contributed by atoms with Crippen molar-refractivity contribution in [3.05, 3.63) is 123 Å². The average molecular weight is 516 g/mol. The summed E-state index contributed by atoms with van der Waals surface area (Å²) in [5, 5.41) is 15.7. The van der Waals surface area contributed by atoms with E-state index in [9.17, 15) is 9.90 Å². The van der Waals surface area contributed by atoms with E-state index in [0.717, 1.165) is 27.1 Å². The molecular formula is C28H26BrN3O2. The maximum absolute atomic E-state index is 13.2. The van der Waals surface area contributed by atoms with Crippen molar-refractivity contribution < 1.29 is 9.90 Å². The molecule has 4 aromatic rings. The number of aromatic nitrogens is 1.